The lowest BCUT2D eigenvalue weighted by Gasteiger charge is -2.08. The molecule has 0 aliphatic carbocycles. The quantitative estimate of drug-likeness (QED) is 0.474. The van der Waals surface area contributed by atoms with Gasteiger partial charge in [-0.2, -0.15) is 13.2 Å². The van der Waals surface area contributed by atoms with Crippen molar-refractivity contribution in [3.8, 4) is 0 Å². The first-order chi connectivity index (χ1) is 8.12. The fourth-order valence-corrected chi connectivity index (χ4v) is 1.60. The summed E-state index contributed by atoms with van der Waals surface area (Å²) in [6.07, 6.45) is -2.34. The van der Waals surface area contributed by atoms with E-state index in [1.54, 1.807) is 20.8 Å². The highest BCUT2D eigenvalue weighted by Crippen LogP contribution is 2.30. The summed E-state index contributed by atoms with van der Waals surface area (Å²) >= 11 is 0. The van der Waals surface area contributed by atoms with E-state index in [1.165, 1.54) is 12.3 Å². The average Bonchev–Trinajstić information content (AvgIpc) is 2.23. The maximum atomic E-state index is 12.6. The van der Waals surface area contributed by atoms with E-state index in [0.717, 1.165) is 12.3 Å². The fourth-order valence-electron chi connectivity index (χ4n) is 1.04. The summed E-state index contributed by atoms with van der Waals surface area (Å²) in [7, 11) is -1.98. The average molecular weight is 279 g/mol. The molecule has 7 heteroatoms. The number of hydrogen-bond acceptors (Lipinski definition) is 2. The molecule has 100 valence electrons. The predicted octanol–water partition coefficient (Wildman–Crippen LogP) is 2.93. The molecule has 0 aliphatic heterocycles. The summed E-state index contributed by atoms with van der Waals surface area (Å²) in [5.41, 5.74) is -1.20. The zero-order chi connectivity index (χ0) is 14.0. The van der Waals surface area contributed by atoms with Gasteiger partial charge in [0, 0.05) is 6.20 Å². The van der Waals surface area contributed by atoms with Crippen molar-refractivity contribution in [2.75, 3.05) is 0 Å². The predicted molar refractivity (Wildman–Crippen MR) is 66.0 cm³/mol. The maximum absolute atomic E-state index is 12.6. The number of thiol groups is 1. The third-order valence-corrected chi connectivity index (χ3v) is 3.48. The van der Waals surface area contributed by atoms with Crippen LogP contribution in [-0.2, 0) is 21.4 Å². The summed E-state index contributed by atoms with van der Waals surface area (Å²) in [6, 6.07) is 2.11. The van der Waals surface area contributed by atoms with Crippen molar-refractivity contribution >= 4 is 17.2 Å². The summed E-state index contributed by atoms with van der Waals surface area (Å²) < 4.78 is 52.6. The highest BCUT2D eigenvalue weighted by atomic mass is 32.2. The number of halogens is 3. The van der Waals surface area contributed by atoms with Crippen molar-refractivity contribution in [3.63, 3.8) is 0 Å². The van der Waals surface area contributed by atoms with Gasteiger partial charge in [-0.1, -0.05) is 8.61 Å². The first-order valence-electron chi connectivity index (χ1n) is 5.16. The molecule has 1 atom stereocenters. The van der Waals surface area contributed by atoms with Gasteiger partial charge in [0.1, 0.15) is 11.0 Å². The maximum Gasteiger partial charge on any atom is 0.418 e. The van der Waals surface area contributed by atoms with Crippen LogP contribution in [0.5, 0.6) is 0 Å². The molecule has 0 fully saturated rings. The Balaban J connectivity index is 3.06. The molecular formula is C11H14F3N2OS+. The van der Waals surface area contributed by atoms with E-state index >= 15 is 0 Å². The molecule has 1 aromatic rings. The molecule has 0 amide bonds. The van der Waals surface area contributed by atoms with Crippen LogP contribution in [0.1, 0.15) is 32.0 Å². The van der Waals surface area contributed by atoms with Gasteiger partial charge >= 0.3 is 6.18 Å². The Labute approximate surface area is 106 Å². The molecule has 0 radical (unpaired) electrons. The molecule has 0 N–H and O–H groups in total. The van der Waals surface area contributed by atoms with Gasteiger partial charge in [-0.25, -0.2) is 0 Å². The Morgan fingerprint density at radius 2 is 1.94 bits per heavy atom. The van der Waals surface area contributed by atoms with Crippen molar-refractivity contribution in [1.82, 2.24) is 4.98 Å². The van der Waals surface area contributed by atoms with Crippen LogP contribution in [0.3, 0.4) is 0 Å². The van der Waals surface area contributed by atoms with Crippen LogP contribution in [0.25, 0.3) is 0 Å². The van der Waals surface area contributed by atoms with Crippen LogP contribution in [-0.4, -0.2) is 15.9 Å². The van der Waals surface area contributed by atoms with Gasteiger partial charge in [-0.3, -0.25) is 4.98 Å². The first-order valence-corrected chi connectivity index (χ1v) is 6.37. The molecule has 1 aromatic heterocycles. The Kier molecular flexibility index (Phi) is 4.26. The molecule has 18 heavy (non-hydrogen) atoms. The molecule has 1 rings (SSSR count). The molecule has 1 heterocycles. The molecular weight excluding hydrogens is 265 g/mol. The van der Waals surface area contributed by atoms with Gasteiger partial charge in [0.15, 0.2) is 11.0 Å². The Bertz CT molecular complexity index is 478. The minimum atomic E-state index is -4.50. The van der Waals surface area contributed by atoms with Crippen molar-refractivity contribution < 1.29 is 17.4 Å². The number of hydrogen-bond donors (Lipinski definition) is 0. The largest absolute Gasteiger partial charge is 0.418 e. The van der Waals surface area contributed by atoms with Gasteiger partial charge in [0.2, 0.25) is 0 Å². The van der Waals surface area contributed by atoms with E-state index in [2.05, 4.69) is 9.38 Å². The van der Waals surface area contributed by atoms with Crippen molar-refractivity contribution in [3.05, 3.63) is 29.6 Å². The van der Waals surface area contributed by atoms with Crippen molar-refractivity contribution in [2.24, 2.45) is 4.40 Å². The minimum Gasteiger partial charge on any atom is -0.254 e. The minimum absolute atomic E-state index is 0.322. The number of rotatable bonds is 2. The van der Waals surface area contributed by atoms with Crippen LogP contribution >= 0.6 is 0 Å². The molecule has 0 saturated heterocycles. The van der Waals surface area contributed by atoms with E-state index in [4.69, 9.17) is 0 Å². The summed E-state index contributed by atoms with van der Waals surface area (Å²) in [4.78, 5) is 3.60. The molecule has 0 aromatic carbocycles. The summed E-state index contributed by atoms with van der Waals surface area (Å²) in [5, 5.41) is 0. The molecule has 3 nitrogen and oxygen atoms in total. The second-order valence-corrected chi connectivity index (χ2v) is 6.74. The van der Waals surface area contributed by atoms with Crippen LogP contribution in [0, 0.1) is 0 Å². The second kappa shape index (κ2) is 5.17. The summed E-state index contributed by atoms with van der Waals surface area (Å²) in [6.45, 7) is 5.10. The zero-order valence-electron chi connectivity index (χ0n) is 10.2. The summed E-state index contributed by atoms with van der Waals surface area (Å²) in [5.74, 6) is 0. The Morgan fingerprint density at radius 3 is 2.44 bits per heavy atom. The lowest BCUT2D eigenvalue weighted by atomic mass is 10.2. The van der Waals surface area contributed by atoms with E-state index in [1.807, 2.05) is 0 Å². The van der Waals surface area contributed by atoms with Crippen LogP contribution in [0.15, 0.2) is 22.7 Å². The zero-order valence-corrected chi connectivity index (χ0v) is 11.1. The van der Waals surface area contributed by atoms with Gasteiger partial charge in [-0.15, -0.1) is 0 Å². The number of alkyl halides is 3. The highest BCUT2D eigenvalue weighted by molar-refractivity contribution is 7.85. The molecule has 1 unspecified atom stereocenters. The fraction of sp³-hybridized carbons (Fsp3) is 0.455. The molecule has 0 spiro atoms. The van der Waals surface area contributed by atoms with Crippen molar-refractivity contribution in [2.45, 2.75) is 31.7 Å². The van der Waals surface area contributed by atoms with Crippen LogP contribution < -0.4 is 0 Å². The first kappa shape index (κ1) is 14.8. The van der Waals surface area contributed by atoms with Gasteiger partial charge < -0.3 is 0 Å². The molecule has 0 saturated carbocycles. The topological polar surface area (TPSA) is 42.3 Å². The molecule has 0 bridgehead atoms. The highest BCUT2D eigenvalue weighted by Gasteiger charge is 2.34. The van der Waals surface area contributed by atoms with E-state index in [0.29, 0.717) is 0 Å². The smallest absolute Gasteiger partial charge is 0.254 e. The third-order valence-electron chi connectivity index (χ3n) is 2.00. The van der Waals surface area contributed by atoms with Gasteiger partial charge in [0.25, 0.3) is 0 Å². The standard InChI is InChI=1S/C11H13F3N2OS/c1-10(2,3)18(17)16-7-9-8(11(12,13)14)5-4-6-15-9/h4-7H,1-3H3/p+1/b16-7+. The monoisotopic (exact) mass is 279 g/mol. The normalized spacial score (nSPS) is 15.0. The van der Waals surface area contributed by atoms with Gasteiger partial charge in [-0.05, 0) is 32.9 Å². The lowest BCUT2D eigenvalue weighted by Crippen LogP contribution is -2.19. The van der Waals surface area contributed by atoms with Crippen LogP contribution in [0.4, 0.5) is 13.2 Å². The molecule has 0 aliphatic rings. The second-order valence-electron chi connectivity index (χ2n) is 4.62. The van der Waals surface area contributed by atoms with Crippen molar-refractivity contribution in [1.29, 1.82) is 0 Å². The van der Waals surface area contributed by atoms with E-state index < -0.39 is 27.5 Å². The third kappa shape index (κ3) is 3.90. The Hall–Kier alpha value is -1.24. The van der Waals surface area contributed by atoms with E-state index in [-0.39, 0.29) is 5.69 Å². The number of pyridine rings is 1. The number of aromatic nitrogens is 1. The lowest BCUT2D eigenvalue weighted by molar-refractivity contribution is -0.137. The Morgan fingerprint density at radius 1 is 1.33 bits per heavy atom. The van der Waals surface area contributed by atoms with Crippen LogP contribution in [0.2, 0.25) is 0 Å². The van der Waals surface area contributed by atoms with E-state index in [9.17, 15) is 17.4 Å². The number of nitrogens with zero attached hydrogens (tertiary/aromatic N) is 2. The SMILES string of the molecule is CC(C)(C)[SH+](=O)/N=C/c1ncccc1C(F)(F)F. The van der Waals surface area contributed by atoms with Gasteiger partial charge in [0.05, 0.1) is 11.3 Å².